The smallest absolute Gasteiger partial charge is 0.343 e. The standard InChI is InChI=1S/C10H18N4O3S/c1-6(2)11-10(3,7(15)16)5-18-9-13-12-8(17)14(9)4/h6,11H,5H2,1-4H3,(H,12,17)(H,15,16). The second-order valence-corrected chi connectivity index (χ2v) is 5.54. The summed E-state index contributed by atoms with van der Waals surface area (Å²) in [6.45, 7) is 5.39. The van der Waals surface area contributed by atoms with E-state index in [1.165, 1.54) is 16.3 Å². The van der Waals surface area contributed by atoms with E-state index in [-0.39, 0.29) is 17.5 Å². The molecular formula is C10H18N4O3S. The molecule has 1 aromatic rings. The molecule has 1 heterocycles. The van der Waals surface area contributed by atoms with E-state index in [0.717, 1.165) is 0 Å². The van der Waals surface area contributed by atoms with E-state index in [2.05, 4.69) is 15.5 Å². The third-order valence-electron chi connectivity index (χ3n) is 2.41. The highest BCUT2D eigenvalue weighted by atomic mass is 32.2. The minimum atomic E-state index is -1.06. The van der Waals surface area contributed by atoms with Crippen molar-refractivity contribution in [1.82, 2.24) is 20.1 Å². The van der Waals surface area contributed by atoms with Crippen LogP contribution in [-0.4, -0.2) is 43.2 Å². The summed E-state index contributed by atoms with van der Waals surface area (Å²) in [5.74, 6) is -0.650. The third kappa shape index (κ3) is 3.36. The van der Waals surface area contributed by atoms with Gasteiger partial charge >= 0.3 is 11.7 Å². The van der Waals surface area contributed by atoms with Gasteiger partial charge in [0.05, 0.1) is 0 Å². The fourth-order valence-electron chi connectivity index (χ4n) is 1.47. The van der Waals surface area contributed by atoms with Gasteiger partial charge in [-0.25, -0.2) is 9.89 Å². The Kier molecular flexibility index (Phi) is 4.58. The number of aromatic nitrogens is 3. The van der Waals surface area contributed by atoms with Gasteiger partial charge in [-0.3, -0.25) is 14.7 Å². The largest absolute Gasteiger partial charge is 0.480 e. The molecule has 18 heavy (non-hydrogen) atoms. The van der Waals surface area contributed by atoms with Crippen molar-refractivity contribution in [1.29, 1.82) is 0 Å². The van der Waals surface area contributed by atoms with Crippen LogP contribution in [0, 0.1) is 0 Å². The molecule has 0 bridgehead atoms. The van der Waals surface area contributed by atoms with Crippen LogP contribution in [0.3, 0.4) is 0 Å². The first-order chi connectivity index (χ1) is 8.26. The molecule has 0 saturated heterocycles. The van der Waals surface area contributed by atoms with Crippen molar-refractivity contribution in [3.63, 3.8) is 0 Å². The number of aromatic amines is 1. The molecule has 1 rings (SSSR count). The molecule has 8 heteroatoms. The van der Waals surface area contributed by atoms with Crippen molar-refractivity contribution in [2.24, 2.45) is 7.05 Å². The average Bonchev–Trinajstić information content (AvgIpc) is 2.56. The molecule has 0 saturated carbocycles. The first-order valence-corrected chi connectivity index (χ1v) is 6.50. The van der Waals surface area contributed by atoms with Crippen LogP contribution < -0.4 is 11.0 Å². The monoisotopic (exact) mass is 274 g/mol. The van der Waals surface area contributed by atoms with Crippen LogP contribution in [0.15, 0.2) is 9.95 Å². The number of nitrogens with one attached hydrogen (secondary N) is 2. The quantitative estimate of drug-likeness (QED) is 0.633. The zero-order valence-electron chi connectivity index (χ0n) is 10.9. The number of carbonyl (C=O) groups is 1. The summed E-state index contributed by atoms with van der Waals surface area (Å²) in [4.78, 5) is 22.5. The van der Waals surface area contributed by atoms with Crippen LogP contribution in [-0.2, 0) is 11.8 Å². The molecule has 0 radical (unpaired) electrons. The molecule has 0 amide bonds. The maximum atomic E-state index is 11.3. The second-order valence-electron chi connectivity index (χ2n) is 4.60. The van der Waals surface area contributed by atoms with E-state index < -0.39 is 11.5 Å². The van der Waals surface area contributed by atoms with Gasteiger partial charge in [-0.15, -0.1) is 5.10 Å². The average molecular weight is 274 g/mol. The predicted molar refractivity (Wildman–Crippen MR) is 68.9 cm³/mol. The van der Waals surface area contributed by atoms with Crippen molar-refractivity contribution in [3.05, 3.63) is 10.5 Å². The fourth-order valence-corrected chi connectivity index (χ4v) is 2.48. The zero-order valence-corrected chi connectivity index (χ0v) is 11.7. The van der Waals surface area contributed by atoms with E-state index >= 15 is 0 Å². The molecule has 0 aliphatic heterocycles. The lowest BCUT2D eigenvalue weighted by Gasteiger charge is -2.27. The van der Waals surface area contributed by atoms with E-state index in [9.17, 15) is 14.7 Å². The Morgan fingerprint density at radius 1 is 1.67 bits per heavy atom. The summed E-state index contributed by atoms with van der Waals surface area (Å²) >= 11 is 1.22. The molecule has 0 aliphatic carbocycles. The molecule has 1 unspecified atom stereocenters. The van der Waals surface area contributed by atoms with Crippen molar-refractivity contribution >= 4 is 17.7 Å². The zero-order chi connectivity index (χ0) is 13.9. The summed E-state index contributed by atoms with van der Waals surface area (Å²) < 4.78 is 1.35. The van der Waals surface area contributed by atoms with Gasteiger partial charge in [-0.05, 0) is 20.8 Å². The lowest BCUT2D eigenvalue weighted by molar-refractivity contribution is -0.143. The highest BCUT2D eigenvalue weighted by Gasteiger charge is 2.34. The summed E-state index contributed by atoms with van der Waals surface area (Å²) in [5.41, 5.74) is -1.38. The van der Waals surface area contributed by atoms with E-state index in [1.807, 2.05) is 13.8 Å². The van der Waals surface area contributed by atoms with Crippen molar-refractivity contribution in [2.75, 3.05) is 5.75 Å². The Morgan fingerprint density at radius 3 is 2.67 bits per heavy atom. The number of carboxylic acids is 1. The van der Waals surface area contributed by atoms with Crippen LogP contribution in [0.4, 0.5) is 0 Å². The summed E-state index contributed by atoms with van der Waals surface area (Å²) in [7, 11) is 1.59. The number of hydrogen-bond acceptors (Lipinski definition) is 5. The van der Waals surface area contributed by atoms with Gasteiger partial charge in [0.25, 0.3) is 0 Å². The number of thioether (sulfide) groups is 1. The second kappa shape index (κ2) is 5.57. The number of H-pyrrole nitrogens is 1. The minimum Gasteiger partial charge on any atom is -0.480 e. The van der Waals surface area contributed by atoms with Gasteiger partial charge in [0.15, 0.2) is 5.16 Å². The molecule has 0 fully saturated rings. The lowest BCUT2D eigenvalue weighted by Crippen LogP contribution is -2.54. The highest BCUT2D eigenvalue weighted by molar-refractivity contribution is 7.99. The molecule has 3 N–H and O–H groups in total. The summed E-state index contributed by atoms with van der Waals surface area (Å²) in [5, 5.41) is 18.9. The fraction of sp³-hybridized carbons (Fsp3) is 0.700. The van der Waals surface area contributed by atoms with Gasteiger partial charge in [-0.2, -0.15) is 0 Å². The van der Waals surface area contributed by atoms with Crippen LogP contribution >= 0.6 is 11.8 Å². The van der Waals surface area contributed by atoms with E-state index in [0.29, 0.717) is 5.16 Å². The Labute approximate surface area is 109 Å². The molecule has 0 spiro atoms. The lowest BCUT2D eigenvalue weighted by atomic mass is 10.1. The first kappa shape index (κ1) is 14.8. The van der Waals surface area contributed by atoms with E-state index in [4.69, 9.17) is 0 Å². The van der Waals surface area contributed by atoms with Crippen molar-refractivity contribution < 1.29 is 9.90 Å². The summed E-state index contributed by atoms with van der Waals surface area (Å²) in [6.07, 6.45) is 0. The Morgan fingerprint density at radius 2 is 2.28 bits per heavy atom. The van der Waals surface area contributed by atoms with Gasteiger partial charge < -0.3 is 5.11 Å². The molecule has 0 aromatic carbocycles. The van der Waals surface area contributed by atoms with Gasteiger partial charge in [-0.1, -0.05) is 11.8 Å². The molecular weight excluding hydrogens is 256 g/mol. The van der Waals surface area contributed by atoms with Crippen molar-refractivity contribution in [3.8, 4) is 0 Å². The highest BCUT2D eigenvalue weighted by Crippen LogP contribution is 2.20. The molecule has 1 aromatic heterocycles. The topological polar surface area (TPSA) is 100 Å². The third-order valence-corrected chi connectivity index (χ3v) is 3.75. The van der Waals surface area contributed by atoms with Crippen LogP contribution in [0.2, 0.25) is 0 Å². The Hall–Kier alpha value is -1.28. The normalized spacial score (nSPS) is 14.7. The summed E-state index contributed by atoms with van der Waals surface area (Å²) in [6, 6.07) is 0.0507. The Balaban J connectivity index is 2.77. The number of carboxylic acid groups (broad SMARTS) is 1. The minimum absolute atomic E-state index is 0.0507. The SMILES string of the molecule is CC(C)NC(C)(CSc1n[nH]c(=O)n1C)C(=O)O. The van der Waals surface area contributed by atoms with Gasteiger partial charge in [0.1, 0.15) is 5.54 Å². The number of hydrogen-bond donors (Lipinski definition) is 3. The number of rotatable bonds is 6. The van der Waals surface area contributed by atoms with Gasteiger partial charge in [0, 0.05) is 18.8 Å². The van der Waals surface area contributed by atoms with Crippen molar-refractivity contribution in [2.45, 2.75) is 37.5 Å². The Bertz CT molecular complexity index is 482. The maximum Gasteiger partial charge on any atom is 0.343 e. The number of aliphatic carboxylic acids is 1. The number of nitrogens with zero attached hydrogens (tertiary/aromatic N) is 2. The molecule has 1 atom stereocenters. The molecule has 102 valence electrons. The van der Waals surface area contributed by atoms with Crippen LogP contribution in [0.5, 0.6) is 0 Å². The van der Waals surface area contributed by atoms with Crippen LogP contribution in [0.1, 0.15) is 20.8 Å². The first-order valence-electron chi connectivity index (χ1n) is 5.51. The predicted octanol–water partition coefficient (Wildman–Crippen LogP) is 0.0418. The maximum absolute atomic E-state index is 11.3. The van der Waals surface area contributed by atoms with Gasteiger partial charge in [0.2, 0.25) is 0 Å². The molecule has 7 nitrogen and oxygen atoms in total. The van der Waals surface area contributed by atoms with Crippen LogP contribution in [0.25, 0.3) is 0 Å². The van der Waals surface area contributed by atoms with E-state index in [1.54, 1.807) is 14.0 Å². The molecule has 0 aliphatic rings.